The highest BCUT2D eigenvalue weighted by molar-refractivity contribution is 5.80. The van der Waals surface area contributed by atoms with Gasteiger partial charge in [-0.2, -0.15) is 0 Å². The SMILES string of the molecule is CC(C)(C)CCC(NCc1cc2ccccc2[nH]1)C(=O)O. The number of aromatic amines is 1. The molecule has 21 heavy (non-hydrogen) atoms. The second kappa shape index (κ2) is 6.31. The van der Waals surface area contributed by atoms with E-state index in [1.165, 1.54) is 0 Å². The van der Waals surface area contributed by atoms with Crippen LogP contribution in [0.4, 0.5) is 0 Å². The smallest absolute Gasteiger partial charge is 0.320 e. The van der Waals surface area contributed by atoms with E-state index in [4.69, 9.17) is 0 Å². The maximum atomic E-state index is 11.3. The van der Waals surface area contributed by atoms with Crippen molar-refractivity contribution in [2.45, 2.75) is 46.2 Å². The highest BCUT2D eigenvalue weighted by Gasteiger charge is 2.20. The van der Waals surface area contributed by atoms with E-state index in [1.54, 1.807) is 0 Å². The van der Waals surface area contributed by atoms with Crippen LogP contribution in [0.2, 0.25) is 0 Å². The first-order valence-electron chi connectivity index (χ1n) is 7.38. The molecule has 1 aromatic carbocycles. The lowest BCUT2D eigenvalue weighted by atomic mass is 9.88. The maximum absolute atomic E-state index is 11.3. The fourth-order valence-electron chi connectivity index (χ4n) is 2.35. The second-order valence-electron chi connectivity index (χ2n) is 6.75. The minimum atomic E-state index is -0.782. The Morgan fingerprint density at radius 2 is 2.05 bits per heavy atom. The molecule has 0 amide bonds. The zero-order chi connectivity index (χ0) is 15.5. The fourth-order valence-corrected chi connectivity index (χ4v) is 2.35. The van der Waals surface area contributed by atoms with Gasteiger partial charge in [0.15, 0.2) is 0 Å². The molecule has 1 heterocycles. The average Bonchev–Trinajstić information content (AvgIpc) is 2.79. The van der Waals surface area contributed by atoms with Gasteiger partial charge in [-0.05, 0) is 35.8 Å². The Hall–Kier alpha value is -1.81. The Kier molecular flexibility index (Phi) is 4.68. The number of rotatable bonds is 6. The first-order valence-corrected chi connectivity index (χ1v) is 7.38. The largest absolute Gasteiger partial charge is 0.480 e. The van der Waals surface area contributed by atoms with Crippen LogP contribution in [0, 0.1) is 5.41 Å². The molecule has 1 unspecified atom stereocenters. The summed E-state index contributed by atoms with van der Waals surface area (Å²) in [7, 11) is 0. The van der Waals surface area contributed by atoms with Crippen LogP contribution in [0.5, 0.6) is 0 Å². The topological polar surface area (TPSA) is 65.1 Å². The van der Waals surface area contributed by atoms with Gasteiger partial charge in [0.2, 0.25) is 0 Å². The Morgan fingerprint density at radius 1 is 1.33 bits per heavy atom. The molecule has 0 fully saturated rings. The standard InChI is InChI=1S/C17H24N2O2/c1-17(2,3)9-8-15(16(20)21)18-11-13-10-12-6-4-5-7-14(12)19-13/h4-7,10,15,18-19H,8-9,11H2,1-3H3,(H,20,21). The summed E-state index contributed by atoms with van der Waals surface area (Å²) in [5, 5.41) is 13.6. The summed E-state index contributed by atoms with van der Waals surface area (Å²) in [5.74, 6) is -0.782. The van der Waals surface area contributed by atoms with Crippen molar-refractivity contribution in [3.8, 4) is 0 Å². The fraction of sp³-hybridized carbons (Fsp3) is 0.471. The lowest BCUT2D eigenvalue weighted by molar-refractivity contribution is -0.139. The Morgan fingerprint density at radius 3 is 2.67 bits per heavy atom. The van der Waals surface area contributed by atoms with Crippen LogP contribution >= 0.6 is 0 Å². The molecule has 0 radical (unpaired) electrons. The monoisotopic (exact) mass is 288 g/mol. The molecule has 2 rings (SSSR count). The molecule has 3 N–H and O–H groups in total. The Bertz CT molecular complexity index is 578. The van der Waals surface area contributed by atoms with Gasteiger partial charge in [0.25, 0.3) is 0 Å². The third-order valence-corrected chi connectivity index (χ3v) is 3.61. The number of aliphatic carboxylic acids is 1. The molecule has 0 aliphatic heterocycles. The van der Waals surface area contributed by atoms with E-state index in [0.29, 0.717) is 13.0 Å². The van der Waals surface area contributed by atoms with E-state index in [1.807, 2.05) is 24.3 Å². The molecule has 0 bridgehead atoms. The van der Waals surface area contributed by atoms with Gasteiger partial charge in [-0.3, -0.25) is 10.1 Å². The summed E-state index contributed by atoms with van der Waals surface area (Å²) in [5.41, 5.74) is 2.24. The van der Waals surface area contributed by atoms with Crippen molar-refractivity contribution in [3.05, 3.63) is 36.0 Å². The zero-order valence-corrected chi connectivity index (χ0v) is 12.9. The van der Waals surface area contributed by atoms with E-state index in [0.717, 1.165) is 23.0 Å². The van der Waals surface area contributed by atoms with Crippen molar-refractivity contribution < 1.29 is 9.90 Å². The van der Waals surface area contributed by atoms with E-state index in [9.17, 15) is 9.90 Å². The Balaban J connectivity index is 1.96. The van der Waals surface area contributed by atoms with Crippen LogP contribution in [-0.4, -0.2) is 22.1 Å². The number of carboxylic acid groups (broad SMARTS) is 1. The zero-order valence-electron chi connectivity index (χ0n) is 12.9. The average molecular weight is 288 g/mol. The summed E-state index contributed by atoms with van der Waals surface area (Å²) >= 11 is 0. The van der Waals surface area contributed by atoms with Crippen LogP contribution in [0.25, 0.3) is 10.9 Å². The van der Waals surface area contributed by atoms with Crippen LogP contribution in [-0.2, 0) is 11.3 Å². The van der Waals surface area contributed by atoms with Gasteiger partial charge in [-0.15, -0.1) is 0 Å². The molecular weight excluding hydrogens is 264 g/mol. The molecule has 0 aliphatic rings. The molecule has 4 heteroatoms. The van der Waals surface area contributed by atoms with Gasteiger partial charge in [0, 0.05) is 17.8 Å². The van der Waals surface area contributed by atoms with Crippen LogP contribution in [0.3, 0.4) is 0 Å². The first-order chi connectivity index (χ1) is 9.85. The lowest BCUT2D eigenvalue weighted by Gasteiger charge is -2.21. The van der Waals surface area contributed by atoms with Crippen molar-refractivity contribution in [2.24, 2.45) is 5.41 Å². The number of carboxylic acids is 1. The summed E-state index contributed by atoms with van der Waals surface area (Å²) in [6.07, 6.45) is 1.52. The predicted octanol–water partition coefficient (Wildman–Crippen LogP) is 3.54. The predicted molar refractivity (Wildman–Crippen MR) is 85.3 cm³/mol. The summed E-state index contributed by atoms with van der Waals surface area (Å²) in [4.78, 5) is 14.6. The quantitative estimate of drug-likeness (QED) is 0.761. The molecule has 0 saturated heterocycles. The first kappa shape index (κ1) is 15.6. The minimum Gasteiger partial charge on any atom is -0.480 e. The highest BCUT2D eigenvalue weighted by Crippen LogP contribution is 2.22. The molecule has 1 atom stereocenters. The maximum Gasteiger partial charge on any atom is 0.320 e. The molecule has 114 valence electrons. The number of hydrogen-bond donors (Lipinski definition) is 3. The highest BCUT2D eigenvalue weighted by atomic mass is 16.4. The molecule has 0 spiro atoms. The summed E-state index contributed by atoms with van der Waals surface area (Å²) in [6.45, 7) is 6.92. The number of para-hydroxylation sites is 1. The molecule has 0 saturated carbocycles. The summed E-state index contributed by atoms with van der Waals surface area (Å²) in [6, 6.07) is 9.61. The van der Waals surface area contributed by atoms with Gasteiger partial charge in [0.05, 0.1) is 0 Å². The number of hydrogen-bond acceptors (Lipinski definition) is 2. The van der Waals surface area contributed by atoms with Crippen LogP contribution in [0.1, 0.15) is 39.3 Å². The molecule has 2 aromatic rings. The molecule has 4 nitrogen and oxygen atoms in total. The number of benzene rings is 1. The molecule has 1 aromatic heterocycles. The minimum absolute atomic E-state index is 0.149. The van der Waals surface area contributed by atoms with Crippen molar-refractivity contribution >= 4 is 16.9 Å². The third-order valence-electron chi connectivity index (χ3n) is 3.61. The van der Waals surface area contributed by atoms with Gasteiger partial charge in [-0.1, -0.05) is 39.0 Å². The number of carbonyl (C=O) groups is 1. The third kappa shape index (κ3) is 4.60. The van der Waals surface area contributed by atoms with E-state index >= 15 is 0 Å². The van der Waals surface area contributed by atoms with E-state index in [2.05, 4.69) is 37.1 Å². The van der Waals surface area contributed by atoms with Crippen molar-refractivity contribution in [3.63, 3.8) is 0 Å². The number of nitrogens with one attached hydrogen (secondary N) is 2. The van der Waals surface area contributed by atoms with E-state index < -0.39 is 12.0 Å². The Labute approximate surface area is 125 Å². The number of fused-ring (bicyclic) bond motifs is 1. The normalized spacial score (nSPS) is 13.5. The molecular formula is C17H24N2O2. The van der Waals surface area contributed by atoms with Gasteiger partial charge in [0.1, 0.15) is 6.04 Å². The summed E-state index contributed by atoms with van der Waals surface area (Å²) < 4.78 is 0. The van der Waals surface area contributed by atoms with Crippen LogP contribution < -0.4 is 5.32 Å². The van der Waals surface area contributed by atoms with E-state index in [-0.39, 0.29) is 5.41 Å². The van der Waals surface area contributed by atoms with Gasteiger partial charge in [-0.25, -0.2) is 0 Å². The molecule has 0 aliphatic carbocycles. The van der Waals surface area contributed by atoms with Crippen LogP contribution in [0.15, 0.2) is 30.3 Å². The van der Waals surface area contributed by atoms with Crippen molar-refractivity contribution in [1.29, 1.82) is 0 Å². The second-order valence-corrected chi connectivity index (χ2v) is 6.75. The van der Waals surface area contributed by atoms with Gasteiger partial charge >= 0.3 is 5.97 Å². The number of H-pyrrole nitrogens is 1. The lowest BCUT2D eigenvalue weighted by Crippen LogP contribution is -2.37. The van der Waals surface area contributed by atoms with Gasteiger partial charge < -0.3 is 10.1 Å². The number of aromatic nitrogens is 1. The van der Waals surface area contributed by atoms with Crippen molar-refractivity contribution in [2.75, 3.05) is 0 Å². The van der Waals surface area contributed by atoms with Crippen molar-refractivity contribution in [1.82, 2.24) is 10.3 Å².